The Hall–Kier alpha value is -2.07. The zero-order valence-electron chi connectivity index (χ0n) is 13.3. The van der Waals surface area contributed by atoms with E-state index in [2.05, 4.69) is 33.8 Å². The van der Waals surface area contributed by atoms with Gasteiger partial charge >= 0.3 is 0 Å². The van der Waals surface area contributed by atoms with Gasteiger partial charge in [0.2, 0.25) is 5.13 Å². The molecule has 10 heteroatoms. The SMILES string of the molecule is CC(C)Cc1nnc(NC(=O)C2=CC=CN3CCS(=O)(=O)N=C23)s1. The Kier molecular flexibility index (Phi) is 4.50. The van der Waals surface area contributed by atoms with Crippen LogP contribution in [-0.2, 0) is 21.2 Å². The third kappa shape index (κ3) is 3.70. The van der Waals surface area contributed by atoms with E-state index < -0.39 is 15.9 Å². The molecule has 0 bridgehead atoms. The molecular formula is C14H17N5O3S2. The van der Waals surface area contributed by atoms with E-state index in [9.17, 15) is 13.2 Å². The predicted molar refractivity (Wildman–Crippen MR) is 92.2 cm³/mol. The van der Waals surface area contributed by atoms with Gasteiger partial charge in [0, 0.05) is 19.2 Å². The van der Waals surface area contributed by atoms with Gasteiger partial charge in [-0.3, -0.25) is 10.1 Å². The standard InChI is InChI=1S/C14H17N5O3S2/c1-9(2)8-11-16-17-14(23-11)15-13(20)10-4-3-5-19-6-7-24(21,22)18-12(10)19/h3-5,9H,6-8H2,1-2H3,(H,15,17,20). The molecule has 8 nitrogen and oxygen atoms in total. The topological polar surface area (TPSA) is 105 Å². The van der Waals surface area contributed by atoms with Crippen molar-refractivity contribution < 1.29 is 13.2 Å². The van der Waals surface area contributed by atoms with Crippen LogP contribution in [0.25, 0.3) is 0 Å². The molecule has 128 valence electrons. The quantitative estimate of drug-likeness (QED) is 0.857. The van der Waals surface area contributed by atoms with E-state index in [-0.39, 0.29) is 23.7 Å². The van der Waals surface area contributed by atoms with Crippen molar-refractivity contribution in [2.24, 2.45) is 10.3 Å². The van der Waals surface area contributed by atoms with Gasteiger partial charge in [-0.2, -0.15) is 0 Å². The average molecular weight is 367 g/mol. The summed E-state index contributed by atoms with van der Waals surface area (Å²) in [6, 6.07) is 0. The molecule has 3 rings (SSSR count). The van der Waals surface area contributed by atoms with Gasteiger partial charge in [-0.1, -0.05) is 25.2 Å². The smallest absolute Gasteiger partial charge is 0.261 e. The van der Waals surface area contributed by atoms with E-state index in [1.165, 1.54) is 11.3 Å². The Morgan fingerprint density at radius 1 is 1.42 bits per heavy atom. The van der Waals surface area contributed by atoms with Crippen molar-refractivity contribution in [1.82, 2.24) is 15.1 Å². The van der Waals surface area contributed by atoms with Crippen LogP contribution in [0.2, 0.25) is 0 Å². The molecule has 1 amide bonds. The van der Waals surface area contributed by atoms with Gasteiger partial charge < -0.3 is 4.90 Å². The van der Waals surface area contributed by atoms with Gasteiger partial charge in [-0.15, -0.1) is 14.6 Å². The monoisotopic (exact) mass is 367 g/mol. The van der Waals surface area contributed by atoms with Crippen LogP contribution in [0.5, 0.6) is 0 Å². The largest absolute Gasteiger partial charge is 0.331 e. The summed E-state index contributed by atoms with van der Waals surface area (Å²) in [4.78, 5) is 14.1. The molecule has 0 aliphatic carbocycles. The Morgan fingerprint density at radius 3 is 2.96 bits per heavy atom. The molecule has 0 radical (unpaired) electrons. The number of amides is 1. The summed E-state index contributed by atoms with van der Waals surface area (Å²) in [6.07, 6.45) is 5.73. The van der Waals surface area contributed by atoms with E-state index in [0.717, 1.165) is 11.4 Å². The summed E-state index contributed by atoms with van der Waals surface area (Å²) in [6.45, 7) is 4.43. The normalized spacial score (nSPS) is 18.9. The molecule has 0 aromatic carbocycles. The summed E-state index contributed by atoms with van der Waals surface area (Å²) in [7, 11) is -3.54. The minimum Gasteiger partial charge on any atom is -0.331 e. The Morgan fingerprint density at radius 2 is 2.21 bits per heavy atom. The van der Waals surface area contributed by atoms with Crippen LogP contribution in [0.4, 0.5) is 5.13 Å². The lowest BCUT2D eigenvalue weighted by atomic mass is 10.1. The lowest BCUT2D eigenvalue weighted by Crippen LogP contribution is -2.40. The van der Waals surface area contributed by atoms with Gasteiger partial charge in [-0.05, 0) is 18.1 Å². The van der Waals surface area contributed by atoms with Gasteiger partial charge in [0.25, 0.3) is 15.9 Å². The lowest BCUT2D eigenvalue weighted by molar-refractivity contribution is -0.112. The number of carbonyl (C=O) groups is 1. The fourth-order valence-corrected chi connectivity index (χ4v) is 4.23. The molecule has 2 aliphatic rings. The van der Waals surface area contributed by atoms with Gasteiger partial charge in [-0.25, -0.2) is 8.42 Å². The summed E-state index contributed by atoms with van der Waals surface area (Å²) in [5.74, 6) is 0.0775. The van der Waals surface area contributed by atoms with Crippen molar-refractivity contribution in [2.75, 3.05) is 17.6 Å². The first-order valence-corrected chi connectivity index (χ1v) is 9.88. The fourth-order valence-electron chi connectivity index (χ4n) is 2.29. The zero-order valence-corrected chi connectivity index (χ0v) is 14.9. The second-order valence-corrected chi connectivity index (χ2v) is 8.69. The Labute approximate surface area is 144 Å². The number of hydrogen-bond donors (Lipinski definition) is 1. The van der Waals surface area contributed by atoms with Crippen molar-refractivity contribution in [3.05, 3.63) is 28.9 Å². The number of hydrogen-bond acceptors (Lipinski definition) is 7. The van der Waals surface area contributed by atoms with E-state index in [1.54, 1.807) is 23.3 Å². The predicted octanol–water partition coefficient (Wildman–Crippen LogP) is 1.17. The first-order valence-electron chi connectivity index (χ1n) is 7.46. The highest BCUT2D eigenvalue weighted by Gasteiger charge is 2.30. The summed E-state index contributed by atoms with van der Waals surface area (Å²) in [5.41, 5.74) is 0.196. The highest BCUT2D eigenvalue weighted by molar-refractivity contribution is 7.90. The number of sulfonamides is 1. The van der Waals surface area contributed by atoms with Crippen LogP contribution >= 0.6 is 11.3 Å². The van der Waals surface area contributed by atoms with Crippen molar-refractivity contribution in [3.63, 3.8) is 0 Å². The Bertz CT molecular complexity index is 852. The zero-order chi connectivity index (χ0) is 17.3. The molecule has 0 fully saturated rings. The number of allylic oxidation sites excluding steroid dienone is 2. The minimum absolute atomic E-state index is 0.0648. The number of amidine groups is 1. The molecule has 0 atom stereocenters. The van der Waals surface area contributed by atoms with Crippen LogP contribution in [0.15, 0.2) is 28.3 Å². The van der Waals surface area contributed by atoms with E-state index in [0.29, 0.717) is 11.0 Å². The first kappa shape index (κ1) is 16.8. The average Bonchev–Trinajstić information content (AvgIpc) is 2.91. The second kappa shape index (κ2) is 6.44. The van der Waals surface area contributed by atoms with E-state index in [1.807, 2.05) is 0 Å². The third-order valence-electron chi connectivity index (χ3n) is 3.37. The van der Waals surface area contributed by atoms with Gasteiger partial charge in [0.1, 0.15) is 5.01 Å². The number of nitrogens with one attached hydrogen (secondary N) is 1. The maximum atomic E-state index is 12.5. The lowest BCUT2D eigenvalue weighted by Gasteiger charge is -2.28. The van der Waals surface area contributed by atoms with Crippen molar-refractivity contribution in [1.29, 1.82) is 0 Å². The third-order valence-corrected chi connectivity index (χ3v) is 5.38. The fraction of sp³-hybridized carbons (Fsp3) is 0.429. The van der Waals surface area contributed by atoms with Gasteiger partial charge in [0.05, 0.1) is 11.3 Å². The van der Waals surface area contributed by atoms with Crippen LogP contribution in [0.3, 0.4) is 0 Å². The van der Waals surface area contributed by atoms with Crippen molar-refractivity contribution in [3.8, 4) is 0 Å². The summed E-state index contributed by atoms with van der Waals surface area (Å²) < 4.78 is 27.2. The molecular weight excluding hydrogens is 350 g/mol. The highest BCUT2D eigenvalue weighted by atomic mass is 32.2. The number of fused-ring (bicyclic) bond motifs is 1. The summed E-state index contributed by atoms with van der Waals surface area (Å²) in [5, 5.41) is 11.9. The first-order chi connectivity index (χ1) is 11.3. The van der Waals surface area contributed by atoms with Crippen molar-refractivity contribution >= 4 is 38.2 Å². The number of carbonyl (C=O) groups excluding carboxylic acids is 1. The van der Waals surface area contributed by atoms with E-state index in [4.69, 9.17) is 0 Å². The molecule has 0 saturated carbocycles. The number of aromatic nitrogens is 2. The number of rotatable bonds is 4. The Balaban J connectivity index is 1.79. The van der Waals surface area contributed by atoms with Crippen LogP contribution in [-0.4, -0.2) is 47.6 Å². The molecule has 1 aromatic rings. The maximum absolute atomic E-state index is 12.5. The number of anilines is 1. The van der Waals surface area contributed by atoms with Crippen LogP contribution in [0, 0.1) is 5.92 Å². The van der Waals surface area contributed by atoms with E-state index >= 15 is 0 Å². The molecule has 24 heavy (non-hydrogen) atoms. The highest BCUT2D eigenvalue weighted by Crippen LogP contribution is 2.22. The summed E-state index contributed by atoms with van der Waals surface area (Å²) >= 11 is 1.31. The molecule has 1 aromatic heterocycles. The minimum atomic E-state index is -3.54. The van der Waals surface area contributed by atoms with Crippen LogP contribution < -0.4 is 5.32 Å². The second-order valence-electron chi connectivity index (χ2n) is 5.87. The van der Waals surface area contributed by atoms with Crippen LogP contribution in [0.1, 0.15) is 18.9 Å². The molecule has 0 spiro atoms. The van der Waals surface area contributed by atoms with Crippen molar-refractivity contribution in [2.45, 2.75) is 20.3 Å². The van der Waals surface area contributed by atoms with Gasteiger partial charge in [0.15, 0.2) is 5.84 Å². The maximum Gasteiger partial charge on any atom is 0.261 e. The number of nitrogens with zero attached hydrogens (tertiary/aromatic N) is 4. The molecule has 0 saturated heterocycles. The molecule has 2 aliphatic heterocycles. The molecule has 0 unspecified atom stereocenters. The molecule has 3 heterocycles. The molecule has 1 N–H and O–H groups in total.